The first-order valence-corrected chi connectivity index (χ1v) is 12.4. The molecule has 2 atom stereocenters. The van der Waals surface area contributed by atoms with Crippen LogP contribution in [0.2, 0.25) is 5.02 Å². The molecular formula is C24H20ClF2N3O2S. The fourth-order valence-electron chi connectivity index (χ4n) is 5.65. The second-order valence-electron chi connectivity index (χ2n) is 9.12. The number of benzene rings is 2. The minimum Gasteiger partial charge on any atom is -0.355 e. The van der Waals surface area contributed by atoms with E-state index in [2.05, 4.69) is 9.88 Å². The highest BCUT2D eigenvalue weighted by Crippen LogP contribution is 2.47. The Morgan fingerprint density at radius 1 is 1.09 bits per heavy atom. The van der Waals surface area contributed by atoms with Gasteiger partial charge in [0.25, 0.3) is 0 Å². The average molecular weight is 488 g/mol. The van der Waals surface area contributed by atoms with Crippen LogP contribution < -0.4 is 10.6 Å². The van der Waals surface area contributed by atoms with Crippen LogP contribution in [0.25, 0.3) is 22.0 Å². The van der Waals surface area contributed by atoms with E-state index in [1.165, 1.54) is 23.9 Å². The number of carbonyl (C=O) groups excluding carboxylic acids is 1. The van der Waals surface area contributed by atoms with Gasteiger partial charge in [0.1, 0.15) is 23.2 Å². The molecular weight excluding hydrogens is 468 g/mol. The quantitative estimate of drug-likeness (QED) is 0.514. The second kappa shape index (κ2) is 7.81. The van der Waals surface area contributed by atoms with Gasteiger partial charge >= 0.3 is 5.69 Å². The maximum atomic E-state index is 14.7. The van der Waals surface area contributed by atoms with Crippen molar-refractivity contribution < 1.29 is 13.6 Å². The summed E-state index contributed by atoms with van der Waals surface area (Å²) >= 11 is 8.24. The summed E-state index contributed by atoms with van der Waals surface area (Å²) < 4.78 is 29.9. The number of piperidine rings is 1. The van der Waals surface area contributed by atoms with Crippen molar-refractivity contribution in [3.8, 4) is 11.1 Å². The van der Waals surface area contributed by atoms with E-state index < -0.39 is 11.6 Å². The lowest BCUT2D eigenvalue weighted by molar-refractivity contribution is -0.123. The van der Waals surface area contributed by atoms with Gasteiger partial charge in [0.15, 0.2) is 0 Å². The van der Waals surface area contributed by atoms with Crippen molar-refractivity contribution in [3.05, 3.63) is 51.4 Å². The third-order valence-corrected chi connectivity index (χ3v) is 8.24. The number of fused-ring (bicyclic) bond motifs is 2. The molecule has 2 unspecified atom stereocenters. The molecule has 3 aromatic rings. The zero-order chi connectivity index (χ0) is 22.9. The molecule has 0 N–H and O–H groups in total. The SMILES string of the molecule is O=C1CC2CC(C1)CN(c1nc(=O)n3c4c(c(-c5ccc(F)cc5F)c(Cl)cc14)SCC3)C2. The minimum atomic E-state index is -0.699. The Kier molecular flexibility index (Phi) is 4.99. The lowest BCUT2D eigenvalue weighted by Gasteiger charge is -2.41. The van der Waals surface area contributed by atoms with Crippen molar-refractivity contribution in [2.45, 2.75) is 30.7 Å². The highest BCUT2D eigenvalue weighted by atomic mass is 35.5. The number of hydrogen-bond acceptors (Lipinski definition) is 5. The Hall–Kier alpha value is -2.45. The predicted molar refractivity (Wildman–Crippen MR) is 125 cm³/mol. The lowest BCUT2D eigenvalue weighted by Crippen LogP contribution is -2.46. The van der Waals surface area contributed by atoms with Crippen molar-refractivity contribution in [2.75, 3.05) is 23.7 Å². The van der Waals surface area contributed by atoms with Gasteiger partial charge in [0.2, 0.25) is 0 Å². The number of thioether (sulfide) groups is 1. The second-order valence-corrected chi connectivity index (χ2v) is 10.6. The highest BCUT2D eigenvalue weighted by molar-refractivity contribution is 7.99. The third kappa shape index (κ3) is 3.46. The number of anilines is 1. The van der Waals surface area contributed by atoms with Crippen molar-refractivity contribution in [3.63, 3.8) is 0 Å². The summed E-state index contributed by atoms with van der Waals surface area (Å²) in [6.07, 6.45) is 2.16. The molecule has 1 aromatic heterocycles. The maximum absolute atomic E-state index is 14.7. The summed E-state index contributed by atoms with van der Waals surface area (Å²) in [5.74, 6) is 0.665. The number of hydrogen-bond donors (Lipinski definition) is 0. The van der Waals surface area contributed by atoms with Gasteiger partial charge in [-0.3, -0.25) is 9.36 Å². The fourth-order valence-corrected chi connectivity index (χ4v) is 7.21. The molecule has 2 bridgehead atoms. The van der Waals surface area contributed by atoms with Gasteiger partial charge in [-0.1, -0.05) is 11.6 Å². The van der Waals surface area contributed by atoms with Gasteiger partial charge in [0.05, 0.1) is 10.5 Å². The van der Waals surface area contributed by atoms with Crippen LogP contribution >= 0.6 is 23.4 Å². The zero-order valence-electron chi connectivity index (χ0n) is 17.6. The number of carbonyl (C=O) groups is 1. The predicted octanol–water partition coefficient (Wildman–Crippen LogP) is 4.91. The summed E-state index contributed by atoms with van der Waals surface area (Å²) in [5.41, 5.74) is 1.02. The van der Waals surface area contributed by atoms with E-state index in [0.29, 0.717) is 70.8 Å². The third-order valence-electron chi connectivity index (χ3n) is 6.87. The van der Waals surface area contributed by atoms with Crippen LogP contribution in [0, 0.1) is 23.5 Å². The molecule has 3 heterocycles. The van der Waals surface area contributed by atoms with Crippen molar-refractivity contribution >= 4 is 45.9 Å². The van der Waals surface area contributed by atoms with Crippen LogP contribution in [0.1, 0.15) is 19.3 Å². The van der Waals surface area contributed by atoms with Crippen LogP contribution in [0.5, 0.6) is 0 Å². The number of nitrogens with zero attached hydrogens (tertiary/aromatic N) is 3. The number of aryl methyl sites for hydroxylation is 1. The molecule has 2 aromatic carbocycles. The first-order chi connectivity index (χ1) is 15.9. The van der Waals surface area contributed by atoms with Gasteiger partial charge in [0, 0.05) is 65.7 Å². The van der Waals surface area contributed by atoms with Gasteiger partial charge < -0.3 is 4.90 Å². The van der Waals surface area contributed by atoms with E-state index in [9.17, 15) is 18.4 Å². The smallest absolute Gasteiger partial charge is 0.350 e. The lowest BCUT2D eigenvalue weighted by atomic mass is 9.77. The molecule has 1 saturated heterocycles. The normalized spacial score (nSPS) is 22.2. The van der Waals surface area contributed by atoms with E-state index in [0.717, 1.165) is 17.9 Å². The van der Waals surface area contributed by atoms with Crippen LogP contribution in [0.15, 0.2) is 34.0 Å². The molecule has 1 aliphatic carbocycles. The van der Waals surface area contributed by atoms with Gasteiger partial charge in [-0.15, -0.1) is 11.8 Å². The standard InChI is InChI=1S/C24H20ClF2N3O2S/c25-18-9-17-21-22(20(18)16-2-1-14(26)8-19(16)27)33-4-3-30(21)24(32)28-23(17)29-10-12-5-13(11-29)7-15(31)6-12/h1-2,8-9,12-13H,3-7,10-11H2. The summed E-state index contributed by atoms with van der Waals surface area (Å²) in [6.45, 7) is 1.83. The molecule has 2 fully saturated rings. The topological polar surface area (TPSA) is 55.2 Å². The van der Waals surface area contributed by atoms with E-state index >= 15 is 0 Å². The molecule has 5 nitrogen and oxygen atoms in total. The van der Waals surface area contributed by atoms with Gasteiger partial charge in [-0.05, 0) is 36.5 Å². The van der Waals surface area contributed by atoms with Crippen molar-refractivity contribution in [1.82, 2.24) is 9.55 Å². The van der Waals surface area contributed by atoms with Crippen LogP contribution in [-0.2, 0) is 11.3 Å². The minimum absolute atomic E-state index is 0.205. The van der Waals surface area contributed by atoms with Crippen molar-refractivity contribution in [2.24, 2.45) is 11.8 Å². The molecule has 33 heavy (non-hydrogen) atoms. The fraction of sp³-hybridized carbons (Fsp3) is 0.375. The molecule has 9 heteroatoms. The van der Waals surface area contributed by atoms with Crippen LogP contribution in [0.4, 0.5) is 14.6 Å². The number of aromatic nitrogens is 2. The average Bonchev–Trinajstić information content (AvgIpc) is 2.76. The first kappa shape index (κ1) is 21.1. The molecule has 0 radical (unpaired) electrons. The Morgan fingerprint density at radius 2 is 1.85 bits per heavy atom. The van der Waals surface area contributed by atoms with Gasteiger partial charge in [-0.2, -0.15) is 4.98 Å². The maximum Gasteiger partial charge on any atom is 0.350 e. The largest absolute Gasteiger partial charge is 0.355 e. The Balaban J connectivity index is 1.57. The van der Waals surface area contributed by atoms with E-state index in [1.807, 2.05) is 0 Å². The Labute approximate surface area is 197 Å². The van der Waals surface area contributed by atoms with E-state index in [-0.39, 0.29) is 23.1 Å². The van der Waals surface area contributed by atoms with Crippen LogP contribution in [0.3, 0.4) is 0 Å². The number of halogens is 3. The summed E-state index contributed by atoms with van der Waals surface area (Å²) in [6, 6.07) is 5.18. The number of ketones is 1. The number of rotatable bonds is 2. The summed E-state index contributed by atoms with van der Waals surface area (Å²) in [7, 11) is 0. The van der Waals surface area contributed by atoms with Crippen LogP contribution in [-0.4, -0.2) is 34.2 Å². The van der Waals surface area contributed by atoms with E-state index in [4.69, 9.17) is 11.6 Å². The summed E-state index contributed by atoms with van der Waals surface area (Å²) in [5, 5.41) is 1.08. The molecule has 0 amide bonds. The monoisotopic (exact) mass is 487 g/mol. The molecule has 170 valence electrons. The highest BCUT2D eigenvalue weighted by Gasteiger charge is 2.36. The Bertz CT molecular complexity index is 1380. The zero-order valence-corrected chi connectivity index (χ0v) is 19.2. The molecule has 0 spiro atoms. The van der Waals surface area contributed by atoms with E-state index in [1.54, 1.807) is 10.6 Å². The van der Waals surface area contributed by atoms with Gasteiger partial charge in [-0.25, -0.2) is 13.6 Å². The molecule has 6 rings (SSSR count). The molecule has 3 aliphatic rings. The molecule has 1 saturated carbocycles. The Morgan fingerprint density at radius 3 is 2.58 bits per heavy atom. The number of Topliss-reactive ketones (excluding diaryl/α,β-unsaturated/α-hetero) is 1. The first-order valence-electron chi connectivity index (χ1n) is 11.0. The van der Waals surface area contributed by atoms with Crippen molar-refractivity contribution in [1.29, 1.82) is 0 Å². The molecule has 2 aliphatic heterocycles. The summed E-state index contributed by atoms with van der Waals surface area (Å²) in [4.78, 5) is 32.4.